The first kappa shape index (κ1) is 17.7. The second-order valence-corrected chi connectivity index (χ2v) is 9.24. The molecule has 0 amide bonds. The summed E-state index contributed by atoms with van der Waals surface area (Å²) in [6.07, 6.45) is 1.66. The molecule has 24 heavy (non-hydrogen) atoms. The Balaban J connectivity index is 1.79. The number of hydrogen-bond donors (Lipinski definition) is 1. The van der Waals surface area contributed by atoms with E-state index in [1.807, 2.05) is 25.1 Å². The smallest absolute Gasteiger partial charge is 0.237 e. The molecule has 0 aromatic heterocycles. The van der Waals surface area contributed by atoms with E-state index < -0.39 is 28.0 Å². The van der Waals surface area contributed by atoms with Crippen molar-refractivity contribution in [3.05, 3.63) is 29.8 Å². The van der Waals surface area contributed by atoms with E-state index in [9.17, 15) is 18.3 Å². The lowest BCUT2D eigenvalue weighted by Crippen LogP contribution is -2.55. The Morgan fingerprint density at radius 3 is 2.50 bits per heavy atom. The molecule has 0 heterocycles. The first-order valence-corrected chi connectivity index (χ1v) is 9.62. The van der Waals surface area contributed by atoms with Crippen molar-refractivity contribution < 1.29 is 13.0 Å². The van der Waals surface area contributed by atoms with Crippen molar-refractivity contribution >= 4 is 21.2 Å². The number of nitriles is 1. The normalized spacial score (nSPS) is 27.9. The number of alkyl halides is 2. The van der Waals surface area contributed by atoms with Crippen molar-refractivity contribution in [2.75, 3.05) is 0 Å². The summed E-state index contributed by atoms with van der Waals surface area (Å²) in [6, 6.07) is 9.10. The zero-order chi connectivity index (χ0) is 17.6. The largest absolute Gasteiger partial charge is 0.249 e. The van der Waals surface area contributed by atoms with Gasteiger partial charge in [0.25, 0.3) is 0 Å². The van der Waals surface area contributed by atoms with Crippen LogP contribution in [0.3, 0.4) is 0 Å². The first-order valence-electron chi connectivity index (χ1n) is 7.97. The third-order valence-corrected chi connectivity index (χ3v) is 7.13. The minimum absolute atomic E-state index is 0.0920. The van der Waals surface area contributed by atoms with Gasteiger partial charge in [0.2, 0.25) is 5.92 Å². The van der Waals surface area contributed by atoms with E-state index in [1.165, 1.54) is 0 Å². The zero-order valence-electron chi connectivity index (χ0n) is 13.4. The maximum absolute atomic E-state index is 14.1. The van der Waals surface area contributed by atoms with Crippen LogP contribution in [-0.2, 0) is 11.0 Å². The van der Waals surface area contributed by atoms with Crippen LogP contribution in [0.4, 0.5) is 8.78 Å². The minimum Gasteiger partial charge on any atom is -0.237 e. The van der Waals surface area contributed by atoms with Gasteiger partial charge in [0.05, 0.1) is 21.2 Å². The molecule has 3 rings (SSSR count). The van der Waals surface area contributed by atoms with Crippen molar-refractivity contribution in [1.82, 2.24) is 4.72 Å². The van der Waals surface area contributed by atoms with Crippen molar-refractivity contribution in [1.29, 1.82) is 5.26 Å². The molecule has 127 valence electrons. The Labute approximate surface area is 146 Å². The lowest BCUT2D eigenvalue weighted by molar-refractivity contribution is -0.0828. The number of nitrogens with zero attached hydrogens (tertiary/aromatic N) is 1. The fourth-order valence-electron chi connectivity index (χ4n) is 3.58. The number of rotatable bonds is 4. The second-order valence-electron chi connectivity index (χ2n) is 7.24. The highest BCUT2D eigenvalue weighted by Crippen LogP contribution is 2.62. The molecule has 2 fully saturated rings. The van der Waals surface area contributed by atoms with E-state index in [2.05, 4.69) is 15.0 Å². The van der Waals surface area contributed by atoms with Gasteiger partial charge in [-0.05, 0) is 49.7 Å². The van der Waals surface area contributed by atoms with E-state index in [1.54, 1.807) is 12.1 Å². The summed E-state index contributed by atoms with van der Waals surface area (Å²) in [5, 5.41) is 8.16. The van der Waals surface area contributed by atoms with Crippen molar-refractivity contribution in [3.8, 4) is 6.07 Å². The number of aryl methyl sites for hydroxylation is 1. The molecule has 3 nitrogen and oxygen atoms in total. The summed E-state index contributed by atoms with van der Waals surface area (Å²) in [4.78, 5) is 0.516. The molecule has 2 aliphatic carbocycles. The molecule has 1 spiro atoms. The number of nitrogens with one attached hydrogen (secondary N) is 1. The predicted molar refractivity (Wildman–Crippen MR) is 88.8 cm³/mol. The van der Waals surface area contributed by atoms with Crippen molar-refractivity contribution in [2.45, 2.75) is 55.0 Å². The third kappa shape index (κ3) is 3.61. The highest BCUT2D eigenvalue weighted by molar-refractivity contribution is 7.83. The van der Waals surface area contributed by atoms with Gasteiger partial charge in [0.15, 0.2) is 0 Å². The van der Waals surface area contributed by atoms with Crippen LogP contribution >= 0.6 is 0 Å². The van der Waals surface area contributed by atoms with E-state index >= 15 is 0 Å². The Hall–Kier alpha value is -1.10. The summed E-state index contributed by atoms with van der Waals surface area (Å²) in [5.74, 6) is -3.37. The fraction of sp³-hybridized carbons (Fsp3) is 0.588. The summed E-state index contributed by atoms with van der Waals surface area (Å²) in [6.45, 7) is 1.92. The van der Waals surface area contributed by atoms with E-state index in [0.29, 0.717) is 11.3 Å². The standard InChI is InChI=1S/C17H19F2N2OSSi/c1-12-2-4-14(5-3-12)23(22)21-17(24,11-20)13-8-15(6-7-15)10-16(18,19)9-13/h2-5,13,21H,6-10H2,1H3/t13?,17-,23+/m1/s1. The maximum atomic E-state index is 14.1. The average molecular weight is 366 g/mol. The van der Waals surface area contributed by atoms with Gasteiger partial charge >= 0.3 is 0 Å². The van der Waals surface area contributed by atoms with Crippen LogP contribution in [0.15, 0.2) is 29.2 Å². The first-order chi connectivity index (χ1) is 11.2. The number of benzene rings is 1. The minimum atomic E-state index is -2.78. The van der Waals surface area contributed by atoms with Crippen LogP contribution in [0, 0.1) is 29.6 Å². The van der Waals surface area contributed by atoms with Crippen LogP contribution in [0.2, 0.25) is 0 Å². The molecule has 2 saturated carbocycles. The molecule has 3 radical (unpaired) electrons. The Kier molecular flexibility index (Phi) is 4.43. The van der Waals surface area contributed by atoms with Crippen LogP contribution in [0.25, 0.3) is 0 Å². The molecular weight excluding hydrogens is 346 g/mol. The topological polar surface area (TPSA) is 52.9 Å². The van der Waals surface area contributed by atoms with Gasteiger partial charge in [-0.3, -0.25) is 0 Å². The lowest BCUT2D eigenvalue weighted by atomic mass is 9.74. The molecule has 1 aromatic carbocycles. The van der Waals surface area contributed by atoms with Gasteiger partial charge in [-0.2, -0.15) is 5.26 Å². The summed E-state index contributed by atoms with van der Waals surface area (Å²) < 4.78 is 43.5. The molecule has 0 bridgehead atoms. The molecule has 0 aliphatic heterocycles. The zero-order valence-corrected chi connectivity index (χ0v) is 15.3. The van der Waals surface area contributed by atoms with Crippen LogP contribution in [0.5, 0.6) is 0 Å². The third-order valence-electron chi connectivity index (χ3n) is 5.09. The van der Waals surface area contributed by atoms with E-state index in [4.69, 9.17) is 0 Å². The predicted octanol–water partition coefficient (Wildman–Crippen LogP) is 3.21. The Morgan fingerprint density at radius 1 is 1.33 bits per heavy atom. The molecule has 1 aromatic rings. The molecule has 3 atom stereocenters. The van der Waals surface area contributed by atoms with Gasteiger partial charge < -0.3 is 0 Å². The quantitative estimate of drug-likeness (QED) is 0.833. The highest BCUT2D eigenvalue weighted by Gasteiger charge is 2.58. The van der Waals surface area contributed by atoms with Gasteiger partial charge in [-0.25, -0.2) is 17.7 Å². The van der Waals surface area contributed by atoms with Crippen molar-refractivity contribution in [3.63, 3.8) is 0 Å². The van der Waals surface area contributed by atoms with Gasteiger partial charge in [0, 0.05) is 12.8 Å². The van der Waals surface area contributed by atoms with Crippen LogP contribution < -0.4 is 4.72 Å². The maximum Gasteiger partial charge on any atom is 0.249 e. The summed E-state index contributed by atoms with van der Waals surface area (Å²) in [5.41, 5.74) is 0.692. The molecule has 1 unspecified atom stereocenters. The molecule has 2 aliphatic rings. The van der Waals surface area contributed by atoms with Gasteiger partial charge in [-0.1, -0.05) is 17.7 Å². The van der Waals surface area contributed by atoms with Gasteiger partial charge in [0.1, 0.15) is 16.1 Å². The monoisotopic (exact) mass is 365 g/mol. The van der Waals surface area contributed by atoms with Gasteiger partial charge in [-0.15, -0.1) is 0 Å². The average Bonchev–Trinajstić information content (AvgIpc) is 3.24. The molecule has 7 heteroatoms. The SMILES string of the molecule is Cc1ccc([S@](=O)N[C@@]([Si])(C#N)C2CC(F)(F)CC3(CC3)C2)cc1. The Bertz CT molecular complexity index is 694. The summed E-state index contributed by atoms with van der Waals surface area (Å²) in [7, 11) is 1.70. The lowest BCUT2D eigenvalue weighted by Gasteiger charge is -2.41. The number of halogens is 2. The van der Waals surface area contributed by atoms with Crippen LogP contribution in [0.1, 0.15) is 37.7 Å². The van der Waals surface area contributed by atoms with E-state index in [0.717, 1.165) is 18.4 Å². The van der Waals surface area contributed by atoms with E-state index in [-0.39, 0.29) is 18.3 Å². The molecule has 0 saturated heterocycles. The Morgan fingerprint density at radius 2 is 1.96 bits per heavy atom. The second kappa shape index (κ2) is 6.01. The summed E-state index contributed by atoms with van der Waals surface area (Å²) >= 11 is 0. The van der Waals surface area contributed by atoms with Crippen molar-refractivity contribution in [2.24, 2.45) is 11.3 Å². The molecule has 1 N–H and O–H groups in total. The fourth-order valence-corrected chi connectivity index (χ4v) is 5.06. The highest BCUT2D eigenvalue weighted by atomic mass is 32.2. The molecular formula is C17H19F2N2OSSi. The van der Waals surface area contributed by atoms with Crippen LogP contribution in [-0.4, -0.2) is 25.5 Å². The number of hydrogen-bond acceptors (Lipinski definition) is 2.